The summed E-state index contributed by atoms with van der Waals surface area (Å²) in [5.74, 6) is -3.33. The van der Waals surface area contributed by atoms with E-state index in [2.05, 4.69) is 85.7 Å². The number of pyridine rings is 4. The van der Waals surface area contributed by atoms with Crippen molar-refractivity contribution in [1.82, 2.24) is 65.2 Å². The molecule has 2 atom stereocenters. The zero-order chi connectivity index (χ0) is 89.8. The summed E-state index contributed by atoms with van der Waals surface area (Å²) in [5.41, 5.74) is 10.5. The minimum absolute atomic E-state index is 0.00163. The van der Waals surface area contributed by atoms with Crippen LogP contribution in [0.1, 0.15) is 117 Å². The van der Waals surface area contributed by atoms with Crippen LogP contribution in [0.15, 0.2) is 148 Å². The van der Waals surface area contributed by atoms with Gasteiger partial charge in [0.25, 0.3) is 17.4 Å². The number of halogens is 10. The van der Waals surface area contributed by atoms with Crippen LogP contribution in [0.2, 0.25) is 30.4 Å². The van der Waals surface area contributed by atoms with Crippen LogP contribution in [0.25, 0.3) is 67.1 Å². The maximum absolute atomic E-state index is 14.7. The normalized spacial score (nSPS) is 13.9. The zero-order valence-corrected chi connectivity index (χ0v) is 73.2. The molecule has 10 aromatic rings. The van der Waals surface area contributed by atoms with E-state index in [1.807, 2.05) is 67.2 Å². The van der Waals surface area contributed by atoms with Crippen molar-refractivity contribution in [2.75, 3.05) is 57.3 Å². The van der Waals surface area contributed by atoms with Gasteiger partial charge in [-0.1, -0.05) is 208 Å². The summed E-state index contributed by atoms with van der Waals surface area (Å²) in [6, 6.07) is 33.4. The molecule has 5 amide bonds. The molecule has 2 unspecified atom stereocenters. The number of carbonyl (C=O) groups excluding carboxylic acids is 4. The summed E-state index contributed by atoms with van der Waals surface area (Å²) in [6.45, 7) is 33.4. The summed E-state index contributed by atoms with van der Waals surface area (Å²) in [7, 11) is 0. The van der Waals surface area contributed by atoms with Gasteiger partial charge in [0.15, 0.2) is 0 Å². The van der Waals surface area contributed by atoms with Gasteiger partial charge in [-0.15, -0.1) is 0 Å². The molecule has 121 heavy (non-hydrogen) atoms. The molecule has 0 radical (unpaired) electrons. The Morgan fingerprint density at radius 2 is 1.01 bits per heavy atom. The number of carbonyl (C=O) groups is 4. The van der Waals surface area contributed by atoms with Gasteiger partial charge >= 0.3 is 17.4 Å². The number of aromatic amines is 1. The lowest BCUT2D eigenvalue weighted by molar-refractivity contribution is -0.128. The second-order valence-electron chi connectivity index (χ2n) is 32.6. The Balaban J connectivity index is 0.000000214. The fourth-order valence-corrected chi connectivity index (χ4v) is 13.2. The Kier molecular flexibility index (Phi) is 34.8. The topological polar surface area (TPSA) is 364 Å². The van der Waals surface area contributed by atoms with Crippen molar-refractivity contribution in [3.63, 3.8) is 0 Å². The van der Waals surface area contributed by atoms with Crippen molar-refractivity contribution >= 4 is 121 Å². The van der Waals surface area contributed by atoms with E-state index in [-0.39, 0.29) is 126 Å². The number of H-pyrrole nitrogens is 1. The number of aromatic nitrogens is 8. The zero-order valence-electron chi connectivity index (χ0n) is 68.7. The van der Waals surface area contributed by atoms with E-state index in [4.69, 9.17) is 91.3 Å². The monoisotopic (exact) mass is 1780 g/mol. The van der Waals surface area contributed by atoms with E-state index < -0.39 is 64.1 Å². The first kappa shape index (κ1) is 97.4. The van der Waals surface area contributed by atoms with E-state index in [1.165, 1.54) is 75.9 Å². The molecule has 6 aromatic heterocycles. The number of anilines is 1. The van der Waals surface area contributed by atoms with E-state index in [0.29, 0.717) is 74.0 Å². The fraction of sp³-hybridized carbons (Fsp3) is 0.349. The molecular formula is C86H94Cl6F4N18O7. The summed E-state index contributed by atoms with van der Waals surface area (Å²) >= 11 is 36.8. The van der Waals surface area contributed by atoms with Crippen molar-refractivity contribution in [2.45, 2.75) is 121 Å². The molecule has 0 spiro atoms. The predicted molar refractivity (Wildman–Crippen MR) is 470 cm³/mol. The summed E-state index contributed by atoms with van der Waals surface area (Å²) < 4.78 is 59.2. The van der Waals surface area contributed by atoms with Crippen molar-refractivity contribution in [3.05, 3.63) is 230 Å². The number of urea groups is 1. The van der Waals surface area contributed by atoms with Crippen molar-refractivity contribution in [3.8, 4) is 57.2 Å². The maximum atomic E-state index is 14.7. The number of fused-ring (bicyclic) bond motifs is 2. The largest absolute Gasteiger partial charge is 0.366 e. The van der Waals surface area contributed by atoms with Gasteiger partial charge in [0.1, 0.15) is 50.7 Å². The second-order valence-corrected chi connectivity index (χ2v) is 35.0. The van der Waals surface area contributed by atoms with Gasteiger partial charge in [0.05, 0.1) is 95.8 Å². The van der Waals surface area contributed by atoms with Crippen LogP contribution < -0.4 is 54.6 Å². The fourth-order valence-electron chi connectivity index (χ4n) is 11.7. The third kappa shape index (κ3) is 27.7. The summed E-state index contributed by atoms with van der Waals surface area (Å²) in [5, 5.41) is 29.8. The molecule has 0 aliphatic carbocycles. The number of imide groups is 1. The van der Waals surface area contributed by atoms with Gasteiger partial charge in [-0.2, -0.15) is 15.5 Å². The number of amides is 5. The Morgan fingerprint density at radius 1 is 0.579 bits per heavy atom. The number of nitrogens with zero attached hydrogens (tertiary/aromatic N) is 11. The van der Waals surface area contributed by atoms with Crippen molar-refractivity contribution < 1.29 is 36.7 Å². The van der Waals surface area contributed by atoms with Crippen molar-refractivity contribution in [1.29, 1.82) is 10.5 Å². The lowest BCUT2D eigenvalue weighted by Crippen LogP contribution is -2.55. The molecular weight excluding hydrogens is 1690 g/mol. The Morgan fingerprint density at radius 3 is 1.43 bits per heavy atom. The molecule has 0 saturated carbocycles. The van der Waals surface area contributed by atoms with Gasteiger partial charge in [-0.25, -0.2) is 51.9 Å². The number of hydrogen-bond acceptors (Lipinski definition) is 18. The highest BCUT2D eigenvalue weighted by molar-refractivity contribution is 6.37. The first-order chi connectivity index (χ1) is 56.8. The lowest BCUT2D eigenvalue weighted by atomic mass is 9.97. The SMILES string of the molecule is C=CC(=O)N1CCN(c2nc(=O)n(CC(C)(C)C)c3nc(-c4ccccc4F)c(Cl)cc23)CC1CC#N.CC(C)(C)CN.CC(C)(C)CNC(=O)NC(=O)c1cc(Cl)c(-c2ccccc2F)nc1Cl.CC(C)(C)Cn1c(=O)[nH]c(=O)c2cc(Cl)c(-c3ccccc3F)nc21.N#CCC1CNCCN1.NC(=O)c1cc(Cl)c(-c2ccccc2F)nc1Cl. The van der Waals surface area contributed by atoms with Crippen LogP contribution in [-0.2, 0) is 17.9 Å². The number of primary amides is 1. The van der Waals surface area contributed by atoms with E-state index >= 15 is 0 Å². The van der Waals surface area contributed by atoms with Crippen LogP contribution in [0, 0.1) is 67.6 Å². The van der Waals surface area contributed by atoms with Gasteiger partial charge in [0.2, 0.25) is 5.91 Å². The van der Waals surface area contributed by atoms with Crippen LogP contribution in [0.3, 0.4) is 0 Å². The van der Waals surface area contributed by atoms with E-state index in [1.54, 1.807) is 65.6 Å². The number of rotatable bonds is 13. The average Bonchev–Trinajstić information content (AvgIpc) is 0.755. The van der Waals surface area contributed by atoms with Crippen LogP contribution in [0.5, 0.6) is 0 Å². The highest BCUT2D eigenvalue weighted by atomic mass is 35.5. The molecule has 12 rings (SSSR count). The molecule has 0 bridgehead atoms. The van der Waals surface area contributed by atoms with Gasteiger partial charge < -0.3 is 37.2 Å². The standard InChI is InChI=1S/C27H28ClFN6O2.C18H18Cl2FN3O2.C18H17ClFN3O2.C12H7Cl2FN2O.C6H11N3.C5H13N/c1-5-22(36)34-13-12-33(15-17(34)10-11-30)24-19-14-20(28)23(18-8-6-7-9-21(18)29)31-25(19)35(26(37)32-24)16-27(2,3)4;1-18(2,3)9-22-17(26)24-16(25)11-8-12(19)14(23-15(11)20)10-6-4-5-7-13(10)21;1-18(2,3)9-23-15-11(16(24)22-17(23)25)8-12(19)14(21-15)10-6-4-5-7-13(10)20;13-8-5-7(12(16)18)11(14)17-10(8)6-3-1-2-4-9(6)15;7-2-1-6-5-8-3-4-9-6;1-5(2,3)4-6/h5-9,14,17H,1,10,12-13,15-16H2,2-4H3;4-8H,9H2,1-3H3,(H2,22,24,25,26);4-8H,9H2,1-3H3,(H,22,24,25);1-5H,(H2,16,18);6,8-9H,1,3-5H2;4,6H2,1-3H3. The number of nitrogens with one attached hydrogen (secondary N) is 5. The number of benzene rings is 4. The predicted octanol–water partition coefficient (Wildman–Crippen LogP) is 16.4. The van der Waals surface area contributed by atoms with Gasteiger partial charge in [-0.3, -0.25) is 38.6 Å². The Bertz CT molecular complexity index is 5730. The number of nitrogens with two attached hydrogens (primary N) is 2. The van der Waals surface area contributed by atoms with E-state index in [0.717, 1.165) is 26.2 Å². The summed E-state index contributed by atoms with van der Waals surface area (Å²) in [6.07, 6.45) is 1.97. The molecule has 2 aliphatic rings. The third-order valence-electron chi connectivity index (χ3n) is 17.6. The molecule has 35 heteroatoms. The van der Waals surface area contributed by atoms with E-state index in [9.17, 15) is 56.4 Å². The van der Waals surface area contributed by atoms with Crippen molar-refractivity contribution in [2.24, 2.45) is 33.1 Å². The summed E-state index contributed by atoms with van der Waals surface area (Å²) in [4.78, 5) is 112. The molecule has 2 aliphatic heterocycles. The number of piperazine rings is 2. The first-order valence-electron chi connectivity index (χ1n) is 37.9. The third-order valence-corrected chi connectivity index (χ3v) is 19.3. The highest BCUT2D eigenvalue weighted by Gasteiger charge is 2.33. The number of hydrogen-bond donors (Lipinski definition) is 7. The molecule has 25 nitrogen and oxygen atoms in total. The molecule has 4 aromatic carbocycles. The minimum atomic E-state index is -0.754. The molecule has 8 heterocycles. The lowest BCUT2D eigenvalue weighted by Gasteiger charge is -2.41. The maximum Gasteiger partial charge on any atom is 0.351 e. The smallest absolute Gasteiger partial charge is 0.351 e. The molecule has 2 saturated heterocycles. The van der Waals surface area contributed by atoms with Crippen LogP contribution in [0.4, 0.5) is 28.2 Å². The quantitative estimate of drug-likeness (QED) is 0.0320. The van der Waals surface area contributed by atoms with Crippen LogP contribution in [-0.4, -0.2) is 132 Å². The van der Waals surface area contributed by atoms with Gasteiger partial charge in [0, 0.05) is 87.2 Å². The first-order valence-corrected chi connectivity index (χ1v) is 40.2. The second kappa shape index (κ2) is 43.2. The average molecular weight is 1780 g/mol. The molecule has 640 valence electrons. The van der Waals surface area contributed by atoms with Gasteiger partial charge in [-0.05, 0) is 107 Å². The minimum Gasteiger partial charge on any atom is -0.366 e. The molecule has 9 N–H and O–H groups in total. The molecule has 2 fully saturated rings. The van der Waals surface area contributed by atoms with Crippen LogP contribution >= 0.6 is 69.6 Å². The number of nitriles is 2. The Hall–Kier alpha value is -10.7. The Labute approximate surface area is 727 Å². The highest BCUT2D eigenvalue weighted by Crippen LogP contribution is 2.38.